The molecule has 0 aliphatic carbocycles. The van der Waals surface area contributed by atoms with Crippen LogP contribution in [0, 0.1) is 26.1 Å². The Hall–Kier alpha value is -4.53. The van der Waals surface area contributed by atoms with Crippen molar-refractivity contribution in [3.8, 4) is 0 Å². The molecule has 190 valence electrons. The SMILES string of the molecule is CC(C)CNC(=O)C[C@H](c1cccc([N+](=O)[O-])c1)c1cn(Cc2ccccc2)c2ccc([N+](=O)[O-])cc12. The maximum atomic E-state index is 13.0. The van der Waals surface area contributed by atoms with Crippen molar-refractivity contribution in [2.24, 2.45) is 5.92 Å². The Morgan fingerprint density at radius 1 is 0.919 bits per heavy atom. The van der Waals surface area contributed by atoms with E-state index in [2.05, 4.69) is 5.32 Å². The minimum Gasteiger partial charge on any atom is -0.356 e. The zero-order valence-corrected chi connectivity index (χ0v) is 20.7. The monoisotopic (exact) mass is 500 g/mol. The van der Waals surface area contributed by atoms with Gasteiger partial charge in [-0.3, -0.25) is 25.0 Å². The molecule has 0 saturated heterocycles. The van der Waals surface area contributed by atoms with Gasteiger partial charge in [0.2, 0.25) is 5.91 Å². The zero-order valence-electron chi connectivity index (χ0n) is 20.7. The van der Waals surface area contributed by atoms with Gasteiger partial charge in [0.25, 0.3) is 11.4 Å². The number of nitro groups is 2. The van der Waals surface area contributed by atoms with E-state index < -0.39 is 15.8 Å². The second-order valence-corrected chi connectivity index (χ2v) is 9.46. The maximum absolute atomic E-state index is 13.0. The summed E-state index contributed by atoms with van der Waals surface area (Å²) in [5, 5.41) is 26.7. The number of hydrogen-bond acceptors (Lipinski definition) is 5. The minimum atomic E-state index is -0.548. The van der Waals surface area contributed by atoms with E-state index in [1.54, 1.807) is 18.2 Å². The van der Waals surface area contributed by atoms with Gasteiger partial charge in [0.05, 0.1) is 9.85 Å². The molecule has 4 aromatic rings. The van der Waals surface area contributed by atoms with Gasteiger partial charge in [-0.25, -0.2) is 0 Å². The number of non-ortho nitro benzene ring substituents is 2. The first kappa shape index (κ1) is 25.6. The van der Waals surface area contributed by atoms with Gasteiger partial charge in [0.15, 0.2) is 0 Å². The van der Waals surface area contributed by atoms with Gasteiger partial charge in [-0.05, 0) is 28.7 Å². The highest BCUT2D eigenvalue weighted by Gasteiger charge is 2.25. The van der Waals surface area contributed by atoms with E-state index in [0.29, 0.717) is 29.6 Å². The predicted molar refractivity (Wildman–Crippen MR) is 142 cm³/mol. The van der Waals surface area contributed by atoms with Gasteiger partial charge in [-0.1, -0.05) is 56.3 Å². The number of amides is 1. The van der Waals surface area contributed by atoms with Gasteiger partial charge in [0, 0.05) is 66.8 Å². The number of hydrogen-bond donors (Lipinski definition) is 1. The molecule has 9 heteroatoms. The molecule has 0 aliphatic heterocycles. The number of benzene rings is 3. The van der Waals surface area contributed by atoms with Crippen molar-refractivity contribution in [3.63, 3.8) is 0 Å². The predicted octanol–water partition coefficient (Wildman–Crippen LogP) is 5.80. The molecule has 0 unspecified atom stereocenters. The van der Waals surface area contributed by atoms with Crippen LogP contribution < -0.4 is 5.32 Å². The summed E-state index contributed by atoms with van der Waals surface area (Å²) in [5.74, 6) is -0.483. The molecule has 9 nitrogen and oxygen atoms in total. The molecule has 0 fully saturated rings. The van der Waals surface area contributed by atoms with E-state index in [-0.39, 0.29) is 29.6 Å². The molecule has 0 radical (unpaired) electrons. The zero-order chi connectivity index (χ0) is 26.5. The van der Waals surface area contributed by atoms with Crippen molar-refractivity contribution >= 4 is 28.2 Å². The van der Waals surface area contributed by atoms with Gasteiger partial charge in [0.1, 0.15) is 0 Å². The standard InChI is InChI=1S/C28H28N4O5/c1-19(2)16-29-28(33)15-24(21-9-6-10-22(13-21)31(34)35)26-18-30(17-20-7-4-3-5-8-20)27-12-11-23(32(36)37)14-25(26)27/h3-14,18-19,24H,15-17H2,1-2H3,(H,29,33)/t24-/m1/s1. The van der Waals surface area contributed by atoms with Crippen LogP contribution in [0.3, 0.4) is 0 Å². The summed E-state index contributed by atoms with van der Waals surface area (Å²) in [6.07, 6.45) is 1.95. The highest BCUT2D eigenvalue weighted by atomic mass is 16.6. The number of aromatic nitrogens is 1. The van der Waals surface area contributed by atoms with Crippen LogP contribution in [0.25, 0.3) is 10.9 Å². The molecule has 0 spiro atoms. The first-order valence-corrected chi connectivity index (χ1v) is 12.0. The van der Waals surface area contributed by atoms with Crippen molar-refractivity contribution < 1.29 is 14.6 Å². The van der Waals surface area contributed by atoms with Crippen LogP contribution in [0.4, 0.5) is 11.4 Å². The molecule has 37 heavy (non-hydrogen) atoms. The Morgan fingerprint density at radius 3 is 2.30 bits per heavy atom. The molecule has 1 amide bonds. The molecule has 0 aliphatic rings. The van der Waals surface area contributed by atoms with Gasteiger partial charge < -0.3 is 9.88 Å². The number of nitro benzene ring substituents is 2. The summed E-state index contributed by atoms with van der Waals surface area (Å²) in [7, 11) is 0. The van der Waals surface area contributed by atoms with Crippen LogP contribution in [0.15, 0.2) is 79.0 Å². The lowest BCUT2D eigenvalue weighted by Crippen LogP contribution is -2.28. The molecule has 0 bridgehead atoms. The molecule has 0 saturated carbocycles. The Balaban J connectivity index is 1.87. The summed E-state index contributed by atoms with van der Waals surface area (Å²) in [6, 6.07) is 20.7. The molecular formula is C28H28N4O5. The van der Waals surface area contributed by atoms with Crippen molar-refractivity contribution in [3.05, 3.63) is 116 Å². The molecule has 1 aromatic heterocycles. The van der Waals surface area contributed by atoms with Gasteiger partial charge in [-0.2, -0.15) is 0 Å². The van der Waals surface area contributed by atoms with Gasteiger partial charge in [-0.15, -0.1) is 0 Å². The highest BCUT2D eigenvalue weighted by Crippen LogP contribution is 2.37. The fourth-order valence-corrected chi connectivity index (χ4v) is 4.45. The second-order valence-electron chi connectivity index (χ2n) is 9.46. The number of nitrogens with zero attached hydrogens (tertiary/aromatic N) is 3. The van der Waals surface area contributed by atoms with E-state index >= 15 is 0 Å². The molecule has 3 aromatic carbocycles. The average molecular weight is 501 g/mol. The Kier molecular flexibility index (Phi) is 7.62. The fourth-order valence-electron chi connectivity index (χ4n) is 4.45. The minimum absolute atomic E-state index is 0.0427. The lowest BCUT2D eigenvalue weighted by molar-refractivity contribution is -0.385. The summed E-state index contributed by atoms with van der Waals surface area (Å²) in [5.41, 5.74) is 2.99. The van der Waals surface area contributed by atoms with E-state index in [0.717, 1.165) is 11.1 Å². The maximum Gasteiger partial charge on any atom is 0.270 e. The van der Waals surface area contributed by atoms with Crippen LogP contribution in [0.2, 0.25) is 0 Å². The van der Waals surface area contributed by atoms with Crippen molar-refractivity contribution in [1.82, 2.24) is 9.88 Å². The first-order chi connectivity index (χ1) is 17.7. The average Bonchev–Trinajstić information content (AvgIpc) is 3.23. The van der Waals surface area contributed by atoms with Crippen molar-refractivity contribution in [2.45, 2.75) is 32.7 Å². The smallest absolute Gasteiger partial charge is 0.270 e. The lowest BCUT2D eigenvalue weighted by atomic mass is 9.87. The third kappa shape index (κ3) is 6.00. The Morgan fingerprint density at radius 2 is 1.62 bits per heavy atom. The summed E-state index contributed by atoms with van der Waals surface area (Å²) in [6.45, 7) is 5.02. The lowest BCUT2D eigenvalue weighted by Gasteiger charge is -2.18. The second kappa shape index (κ2) is 11.0. The molecule has 1 heterocycles. The number of carbonyl (C=O) groups excluding carboxylic acids is 1. The van der Waals surface area contributed by atoms with E-state index in [4.69, 9.17) is 0 Å². The number of rotatable bonds is 10. The summed E-state index contributed by atoms with van der Waals surface area (Å²) < 4.78 is 2.00. The van der Waals surface area contributed by atoms with Crippen LogP contribution >= 0.6 is 0 Å². The molecule has 1 atom stereocenters. The van der Waals surface area contributed by atoms with E-state index in [9.17, 15) is 25.0 Å². The molecule has 4 rings (SSSR count). The van der Waals surface area contributed by atoms with Crippen LogP contribution in [0.1, 0.15) is 42.9 Å². The quantitative estimate of drug-likeness (QED) is 0.218. The summed E-state index contributed by atoms with van der Waals surface area (Å²) in [4.78, 5) is 35.2. The van der Waals surface area contributed by atoms with Gasteiger partial charge >= 0.3 is 0 Å². The van der Waals surface area contributed by atoms with Crippen LogP contribution in [-0.2, 0) is 11.3 Å². The number of nitrogens with one attached hydrogen (secondary N) is 1. The normalized spacial score (nSPS) is 12.0. The Labute approximate surface area is 214 Å². The first-order valence-electron chi connectivity index (χ1n) is 12.0. The van der Waals surface area contributed by atoms with E-state index in [1.807, 2.05) is 54.9 Å². The Bertz CT molecular complexity index is 1450. The molecule has 1 N–H and O–H groups in total. The van der Waals surface area contributed by atoms with Crippen LogP contribution in [0.5, 0.6) is 0 Å². The third-order valence-electron chi connectivity index (χ3n) is 6.26. The highest BCUT2D eigenvalue weighted by molar-refractivity contribution is 5.88. The molecular weight excluding hydrogens is 472 g/mol. The summed E-state index contributed by atoms with van der Waals surface area (Å²) >= 11 is 0. The van der Waals surface area contributed by atoms with Crippen molar-refractivity contribution in [2.75, 3.05) is 6.54 Å². The fraction of sp³-hybridized carbons (Fsp3) is 0.250. The topological polar surface area (TPSA) is 120 Å². The number of fused-ring (bicyclic) bond motifs is 1. The van der Waals surface area contributed by atoms with Crippen LogP contribution in [-0.4, -0.2) is 26.9 Å². The number of carbonyl (C=O) groups is 1. The van der Waals surface area contributed by atoms with Crippen molar-refractivity contribution in [1.29, 1.82) is 0 Å². The van der Waals surface area contributed by atoms with E-state index in [1.165, 1.54) is 24.3 Å². The largest absolute Gasteiger partial charge is 0.356 e. The third-order valence-corrected chi connectivity index (χ3v) is 6.26.